The topological polar surface area (TPSA) is 298 Å². The quantitative estimate of drug-likeness (QED) is 0.0853. The van der Waals surface area contributed by atoms with E-state index in [2.05, 4.69) is 40.7 Å². The van der Waals surface area contributed by atoms with E-state index in [4.69, 9.17) is 28.4 Å². The minimum atomic E-state index is -1.79. The third-order valence-corrected chi connectivity index (χ3v) is 18.8. The smallest absolute Gasteiger partial charge is 0.187 e. The molecule has 7 aliphatic rings. The van der Waals surface area contributed by atoms with Gasteiger partial charge in [0.2, 0.25) is 0 Å². The average molecular weight is 947 g/mol. The zero-order valence-corrected chi connectivity index (χ0v) is 40.0. The number of ether oxygens (including phenoxy) is 6. The molecule has 3 aliphatic heterocycles. The van der Waals surface area contributed by atoms with Crippen LogP contribution in [0.25, 0.3) is 0 Å². The number of aliphatic hydroxyl groups is 12. The van der Waals surface area contributed by atoms with Gasteiger partial charge in [0.15, 0.2) is 18.9 Å². The highest BCUT2D eigenvalue weighted by Gasteiger charge is 2.72. The van der Waals surface area contributed by atoms with Gasteiger partial charge in [0, 0.05) is 0 Å². The maximum atomic E-state index is 12.7. The lowest BCUT2D eigenvalue weighted by molar-refractivity contribution is -0.378. The summed E-state index contributed by atoms with van der Waals surface area (Å²) in [4.78, 5) is 0. The van der Waals surface area contributed by atoms with Gasteiger partial charge in [-0.1, -0.05) is 46.3 Å². The predicted octanol–water partition coefficient (Wildman–Crippen LogP) is -0.0268. The Morgan fingerprint density at radius 2 is 1.14 bits per heavy atom. The van der Waals surface area contributed by atoms with Crippen LogP contribution in [0.15, 0.2) is 11.6 Å². The van der Waals surface area contributed by atoms with Gasteiger partial charge in [0.1, 0.15) is 73.2 Å². The molecule has 18 heteroatoms. The molecular formula is C48H82O18. The Morgan fingerprint density at radius 3 is 1.71 bits per heavy atom. The van der Waals surface area contributed by atoms with E-state index in [1.165, 1.54) is 0 Å². The van der Waals surface area contributed by atoms with Gasteiger partial charge in [-0.3, -0.25) is 0 Å². The van der Waals surface area contributed by atoms with Crippen molar-refractivity contribution in [1.82, 2.24) is 0 Å². The fraction of sp³-hybridized carbons (Fsp3) is 0.958. The molecule has 7 rings (SSSR count). The monoisotopic (exact) mass is 947 g/mol. The Kier molecular flexibility index (Phi) is 15.7. The Labute approximate surface area is 388 Å². The number of hydrogen-bond donors (Lipinski definition) is 12. The summed E-state index contributed by atoms with van der Waals surface area (Å²) in [6, 6.07) is 0. The van der Waals surface area contributed by atoms with Crippen molar-refractivity contribution in [1.29, 1.82) is 0 Å². The minimum absolute atomic E-state index is 0.0905. The van der Waals surface area contributed by atoms with E-state index in [1.54, 1.807) is 0 Å². The fourth-order valence-corrected chi connectivity index (χ4v) is 14.9. The summed E-state index contributed by atoms with van der Waals surface area (Å²) in [5.41, 5.74) is -1.12. The van der Waals surface area contributed by atoms with Crippen molar-refractivity contribution < 1.29 is 89.7 Å². The van der Waals surface area contributed by atoms with Gasteiger partial charge in [-0.25, -0.2) is 0 Å². The molecular weight excluding hydrogens is 865 g/mol. The number of rotatable bonds is 13. The maximum absolute atomic E-state index is 12.7. The van der Waals surface area contributed by atoms with Crippen molar-refractivity contribution >= 4 is 0 Å². The van der Waals surface area contributed by atoms with E-state index in [0.717, 1.165) is 37.7 Å². The second-order valence-corrected chi connectivity index (χ2v) is 22.9. The van der Waals surface area contributed by atoms with E-state index in [-0.39, 0.29) is 39.9 Å². The van der Waals surface area contributed by atoms with Crippen LogP contribution in [-0.2, 0) is 28.4 Å². The third kappa shape index (κ3) is 8.79. The van der Waals surface area contributed by atoms with Crippen molar-refractivity contribution in [3.8, 4) is 0 Å². The molecule has 25 atom stereocenters. The van der Waals surface area contributed by atoms with Crippen LogP contribution in [-0.4, -0.2) is 191 Å². The molecule has 0 spiro atoms. The predicted molar refractivity (Wildman–Crippen MR) is 234 cm³/mol. The first-order valence-corrected chi connectivity index (χ1v) is 24.4. The van der Waals surface area contributed by atoms with Crippen LogP contribution in [0.4, 0.5) is 0 Å². The lowest BCUT2D eigenvalue weighted by Crippen LogP contribution is -2.68. The largest absolute Gasteiger partial charge is 0.394 e. The normalized spacial score (nSPS) is 52.4. The molecule has 15 unspecified atom stereocenters. The van der Waals surface area contributed by atoms with Crippen molar-refractivity contribution in [2.45, 2.75) is 223 Å². The summed E-state index contributed by atoms with van der Waals surface area (Å²) >= 11 is 0. The summed E-state index contributed by atoms with van der Waals surface area (Å²) in [5, 5.41) is 129. The summed E-state index contributed by atoms with van der Waals surface area (Å²) in [7, 11) is 0. The molecule has 0 radical (unpaired) electrons. The van der Waals surface area contributed by atoms with Crippen LogP contribution in [0.5, 0.6) is 0 Å². The van der Waals surface area contributed by atoms with Gasteiger partial charge in [0.05, 0.1) is 37.6 Å². The molecule has 12 N–H and O–H groups in total. The molecule has 0 aromatic rings. The minimum Gasteiger partial charge on any atom is -0.394 e. The second kappa shape index (κ2) is 19.6. The van der Waals surface area contributed by atoms with Crippen LogP contribution in [0.3, 0.4) is 0 Å². The lowest BCUT2D eigenvalue weighted by atomic mass is 9.35. The summed E-state index contributed by atoms with van der Waals surface area (Å²) in [6.45, 7) is 15.5. The molecule has 18 nitrogen and oxygen atoms in total. The van der Waals surface area contributed by atoms with Gasteiger partial charge < -0.3 is 89.7 Å². The Balaban J connectivity index is 1.13. The third-order valence-electron chi connectivity index (χ3n) is 18.8. The Morgan fingerprint density at radius 1 is 0.606 bits per heavy atom. The Hall–Kier alpha value is -0.980. The van der Waals surface area contributed by atoms with Gasteiger partial charge in [-0.2, -0.15) is 0 Å². The fourth-order valence-electron chi connectivity index (χ4n) is 14.9. The van der Waals surface area contributed by atoms with Crippen LogP contribution < -0.4 is 0 Å². The molecule has 66 heavy (non-hydrogen) atoms. The highest BCUT2D eigenvalue weighted by molar-refractivity contribution is 5.20. The van der Waals surface area contributed by atoms with Gasteiger partial charge in [-0.15, -0.1) is 0 Å². The molecule has 0 amide bonds. The summed E-state index contributed by atoms with van der Waals surface area (Å²) < 4.78 is 37.2. The number of fused-ring (bicyclic) bond motifs is 5. The van der Waals surface area contributed by atoms with E-state index >= 15 is 0 Å². The van der Waals surface area contributed by atoms with Crippen LogP contribution in [0.2, 0.25) is 0 Å². The maximum Gasteiger partial charge on any atom is 0.187 e. The van der Waals surface area contributed by atoms with Crippen LogP contribution in [0, 0.1) is 45.3 Å². The average Bonchev–Trinajstić information content (AvgIpc) is 3.65. The summed E-state index contributed by atoms with van der Waals surface area (Å²) in [5.74, 6) is -0.151. The highest BCUT2D eigenvalue weighted by Crippen LogP contribution is 2.76. The molecule has 0 aromatic carbocycles. The molecule has 4 saturated carbocycles. The van der Waals surface area contributed by atoms with E-state index in [9.17, 15) is 61.3 Å². The molecule has 0 bridgehead atoms. The van der Waals surface area contributed by atoms with Gasteiger partial charge in [-0.05, 0) is 124 Å². The van der Waals surface area contributed by atoms with Crippen molar-refractivity contribution in [3.05, 3.63) is 11.6 Å². The molecule has 3 heterocycles. The number of allylic oxidation sites excluding steroid dienone is 2. The molecule has 3 saturated heterocycles. The molecule has 4 aliphatic carbocycles. The Bertz CT molecular complexity index is 1680. The van der Waals surface area contributed by atoms with E-state index in [0.29, 0.717) is 25.7 Å². The SMILES string of the molecule is CC(C)=CCC[C@](C)(OC1OC(CO)C(O)C(O)C1O)[C@H]1CC[C@]2(C)[C@H]1C(O)C[C@@H]1[C@]3(C)CCC(O[C@H]4OC(CO)C(O)C(O)C4O[C@H]4OC(CO)C(O)C(O)C4O)C(C)(C)[C@H]3CC[C@]12C. The summed E-state index contributed by atoms with van der Waals surface area (Å²) in [6.07, 6.45) is -15.4. The van der Waals surface area contributed by atoms with Crippen molar-refractivity contribution in [2.24, 2.45) is 45.3 Å². The van der Waals surface area contributed by atoms with Crippen LogP contribution in [0.1, 0.15) is 113 Å². The second-order valence-electron chi connectivity index (χ2n) is 22.9. The van der Waals surface area contributed by atoms with Crippen LogP contribution >= 0.6 is 0 Å². The first-order valence-electron chi connectivity index (χ1n) is 24.4. The van der Waals surface area contributed by atoms with E-state index in [1.807, 2.05) is 20.8 Å². The van der Waals surface area contributed by atoms with E-state index < -0.39 is 135 Å². The first-order chi connectivity index (χ1) is 30.8. The van der Waals surface area contributed by atoms with Gasteiger partial charge >= 0.3 is 0 Å². The highest BCUT2D eigenvalue weighted by atomic mass is 16.8. The van der Waals surface area contributed by atoms with Crippen molar-refractivity contribution in [2.75, 3.05) is 19.8 Å². The molecule has 0 aromatic heterocycles. The lowest BCUT2D eigenvalue weighted by Gasteiger charge is -2.71. The van der Waals surface area contributed by atoms with Gasteiger partial charge in [0.25, 0.3) is 0 Å². The number of hydrogen-bond acceptors (Lipinski definition) is 18. The standard InChI is InChI=1S/C48H82O18/c1-22(2)10-9-14-48(8,66-42-39(60)36(57)33(54)26(20-50)62-42)23-11-16-47(7)31(23)24(52)18-29-45(5)15-13-30(44(3,4)28(45)12-17-46(29,47)6)64-43-40(37(58)34(55)27(21-51)63-43)65-41-38(59)35(56)32(53)25(19-49)61-41/h10,23-43,49-60H,9,11-21H2,1-8H3/t23-,24?,25?,26?,27?,28+,29+,30?,31+,32?,33?,34?,35?,36?,37?,38?,39?,40?,41+,42?,43+,45+,46+,47+,48-/m0/s1. The first kappa shape index (κ1) is 52.8. The number of aliphatic hydroxyl groups excluding tert-OH is 12. The zero-order valence-electron chi connectivity index (χ0n) is 40.0. The molecule has 382 valence electrons. The zero-order chi connectivity index (χ0) is 48.6. The molecule has 7 fully saturated rings. The van der Waals surface area contributed by atoms with Crippen molar-refractivity contribution in [3.63, 3.8) is 0 Å².